The van der Waals surface area contributed by atoms with Crippen LogP contribution in [0.15, 0.2) is 18.2 Å². The van der Waals surface area contributed by atoms with Crippen molar-refractivity contribution in [3.63, 3.8) is 0 Å². The molecule has 0 radical (unpaired) electrons. The molecule has 1 heterocycles. The number of piperazine rings is 1. The lowest BCUT2D eigenvalue weighted by molar-refractivity contribution is 0.0602. The number of carbonyl (C=O) groups excluding carboxylic acids is 1. The standard InChI is InChI=1S/C12H17N3O2/c1-17-12(16)10-3-2-9(8-11(10)13)15-6-4-14-5-7-15/h2-3,8,14H,4-7,13H2,1H3. The van der Waals surface area contributed by atoms with Crippen LogP contribution >= 0.6 is 0 Å². The van der Waals surface area contributed by atoms with Crippen molar-refractivity contribution in [2.24, 2.45) is 0 Å². The van der Waals surface area contributed by atoms with E-state index < -0.39 is 5.97 Å². The number of nitrogen functional groups attached to an aromatic ring is 1. The van der Waals surface area contributed by atoms with Crippen LogP contribution in [0.5, 0.6) is 0 Å². The number of ether oxygens (including phenoxy) is 1. The second kappa shape index (κ2) is 5.05. The largest absolute Gasteiger partial charge is 0.465 e. The van der Waals surface area contributed by atoms with Crippen LogP contribution < -0.4 is 16.0 Å². The third-order valence-corrected chi connectivity index (χ3v) is 2.92. The van der Waals surface area contributed by atoms with Gasteiger partial charge in [0.25, 0.3) is 0 Å². The van der Waals surface area contributed by atoms with Gasteiger partial charge in [0.2, 0.25) is 0 Å². The Morgan fingerprint density at radius 1 is 1.41 bits per heavy atom. The monoisotopic (exact) mass is 235 g/mol. The van der Waals surface area contributed by atoms with Gasteiger partial charge >= 0.3 is 5.97 Å². The van der Waals surface area contributed by atoms with Crippen molar-refractivity contribution in [3.8, 4) is 0 Å². The van der Waals surface area contributed by atoms with E-state index in [2.05, 4.69) is 15.0 Å². The van der Waals surface area contributed by atoms with E-state index in [-0.39, 0.29) is 0 Å². The number of rotatable bonds is 2. The lowest BCUT2D eigenvalue weighted by Crippen LogP contribution is -2.43. The fourth-order valence-electron chi connectivity index (χ4n) is 1.97. The van der Waals surface area contributed by atoms with E-state index in [1.165, 1.54) is 7.11 Å². The van der Waals surface area contributed by atoms with Gasteiger partial charge in [0.1, 0.15) is 0 Å². The Hall–Kier alpha value is -1.75. The number of carbonyl (C=O) groups is 1. The van der Waals surface area contributed by atoms with Gasteiger partial charge in [-0.25, -0.2) is 4.79 Å². The smallest absolute Gasteiger partial charge is 0.339 e. The summed E-state index contributed by atoms with van der Waals surface area (Å²) in [6, 6.07) is 5.46. The second-order valence-electron chi connectivity index (χ2n) is 4.00. The molecule has 0 amide bonds. The van der Waals surface area contributed by atoms with Gasteiger partial charge in [-0.05, 0) is 18.2 Å². The second-order valence-corrected chi connectivity index (χ2v) is 4.00. The summed E-state index contributed by atoms with van der Waals surface area (Å²) in [4.78, 5) is 13.6. The van der Waals surface area contributed by atoms with Crippen molar-refractivity contribution in [2.75, 3.05) is 43.9 Å². The summed E-state index contributed by atoms with van der Waals surface area (Å²) in [6.45, 7) is 3.85. The maximum atomic E-state index is 11.4. The first-order chi connectivity index (χ1) is 8.22. The van der Waals surface area contributed by atoms with Crippen LogP contribution in [0.3, 0.4) is 0 Å². The first-order valence-electron chi connectivity index (χ1n) is 5.66. The summed E-state index contributed by atoms with van der Waals surface area (Å²) in [6.07, 6.45) is 0. The summed E-state index contributed by atoms with van der Waals surface area (Å²) in [5.74, 6) is -0.394. The van der Waals surface area contributed by atoms with Crippen LogP contribution in [0.2, 0.25) is 0 Å². The van der Waals surface area contributed by atoms with E-state index in [9.17, 15) is 4.79 Å². The van der Waals surface area contributed by atoms with E-state index in [1.807, 2.05) is 12.1 Å². The van der Waals surface area contributed by atoms with Gasteiger partial charge in [-0.1, -0.05) is 0 Å². The molecular formula is C12H17N3O2. The number of nitrogens with zero attached hydrogens (tertiary/aromatic N) is 1. The molecule has 0 aliphatic carbocycles. The van der Waals surface area contributed by atoms with Crippen LogP contribution in [-0.4, -0.2) is 39.3 Å². The SMILES string of the molecule is COC(=O)c1ccc(N2CCNCC2)cc1N. The number of hydrogen-bond donors (Lipinski definition) is 2. The van der Waals surface area contributed by atoms with E-state index in [0.717, 1.165) is 31.9 Å². The molecule has 1 aromatic carbocycles. The van der Waals surface area contributed by atoms with E-state index >= 15 is 0 Å². The van der Waals surface area contributed by atoms with Gasteiger partial charge in [-0.3, -0.25) is 0 Å². The maximum Gasteiger partial charge on any atom is 0.339 e. The molecule has 2 rings (SSSR count). The first-order valence-corrected chi connectivity index (χ1v) is 5.66. The Labute approximate surface area is 101 Å². The zero-order chi connectivity index (χ0) is 12.3. The molecule has 3 N–H and O–H groups in total. The zero-order valence-corrected chi connectivity index (χ0v) is 9.90. The third kappa shape index (κ3) is 2.50. The van der Waals surface area contributed by atoms with Gasteiger partial charge in [0.15, 0.2) is 0 Å². The third-order valence-electron chi connectivity index (χ3n) is 2.92. The fraction of sp³-hybridized carbons (Fsp3) is 0.417. The minimum atomic E-state index is -0.394. The highest BCUT2D eigenvalue weighted by molar-refractivity contribution is 5.95. The maximum absolute atomic E-state index is 11.4. The van der Waals surface area contributed by atoms with Crippen LogP contribution in [-0.2, 0) is 4.74 Å². The quantitative estimate of drug-likeness (QED) is 0.576. The number of benzene rings is 1. The minimum absolute atomic E-state index is 0.394. The van der Waals surface area contributed by atoms with Gasteiger partial charge in [-0.15, -0.1) is 0 Å². The molecule has 0 aromatic heterocycles. The molecule has 1 aliphatic rings. The predicted octanol–water partition coefficient (Wildman–Crippen LogP) is 0.465. The Kier molecular flexibility index (Phi) is 3.49. The molecule has 5 nitrogen and oxygen atoms in total. The first kappa shape index (κ1) is 11.7. The highest BCUT2D eigenvalue weighted by Crippen LogP contribution is 2.22. The molecule has 92 valence electrons. The van der Waals surface area contributed by atoms with Crippen molar-refractivity contribution in [1.82, 2.24) is 5.32 Å². The highest BCUT2D eigenvalue weighted by Gasteiger charge is 2.14. The minimum Gasteiger partial charge on any atom is -0.465 e. The van der Waals surface area contributed by atoms with Crippen molar-refractivity contribution in [3.05, 3.63) is 23.8 Å². The Morgan fingerprint density at radius 3 is 2.71 bits per heavy atom. The van der Waals surface area contributed by atoms with Crippen LogP contribution in [0.25, 0.3) is 0 Å². The molecule has 1 aliphatic heterocycles. The summed E-state index contributed by atoms with van der Waals surface area (Å²) in [7, 11) is 1.35. The summed E-state index contributed by atoms with van der Waals surface area (Å²) in [5.41, 5.74) is 7.80. The Bertz CT molecular complexity index is 414. The Morgan fingerprint density at radius 2 is 2.12 bits per heavy atom. The van der Waals surface area contributed by atoms with E-state index in [0.29, 0.717) is 11.3 Å². The summed E-state index contributed by atoms with van der Waals surface area (Å²) in [5, 5.41) is 3.29. The zero-order valence-electron chi connectivity index (χ0n) is 9.90. The molecule has 0 atom stereocenters. The number of methoxy groups -OCH3 is 1. The predicted molar refractivity (Wildman–Crippen MR) is 67.3 cm³/mol. The molecule has 0 unspecified atom stereocenters. The molecule has 0 bridgehead atoms. The van der Waals surface area contributed by atoms with E-state index in [1.54, 1.807) is 6.07 Å². The lowest BCUT2D eigenvalue weighted by Gasteiger charge is -2.29. The van der Waals surface area contributed by atoms with Crippen LogP contribution in [0.1, 0.15) is 10.4 Å². The average molecular weight is 235 g/mol. The highest BCUT2D eigenvalue weighted by atomic mass is 16.5. The van der Waals surface area contributed by atoms with Crippen LogP contribution in [0.4, 0.5) is 11.4 Å². The Balaban J connectivity index is 2.20. The molecule has 0 saturated carbocycles. The number of anilines is 2. The van der Waals surface area contributed by atoms with Crippen molar-refractivity contribution in [1.29, 1.82) is 0 Å². The summed E-state index contributed by atoms with van der Waals surface area (Å²) < 4.78 is 4.66. The van der Waals surface area contributed by atoms with Crippen molar-refractivity contribution >= 4 is 17.3 Å². The number of nitrogens with two attached hydrogens (primary N) is 1. The van der Waals surface area contributed by atoms with Crippen molar-refractivity contribution < 1.29 is 9.53 Å². The molecular weight excluding hydrogens is 218 g/mol. The number of hydrogen-bond acceptors (Lipinski definition) is 5. The molecule has 1 aromatic rings. The van der Waals surface area contributed by atoms with Gasteiger partial charge in [0.05, 0.1) is 12.7 Å². The molecule has 17 heavy (non-hydrogen) atoms. The van der Waals surface area contributed by atoms with Gasteiger partial charge < -0.3 is 20.7 Å². The van der Waals surface area contributed by atoms with Gasteiger partial charge in [0, 0.05) is 37.6 Å². The molecule has 0 spiro atoms. The van der Waals surface area contributed by atoms with Gasteiger partial charge in [-0.2, -0.15) is 0 Å². The number of nitrogens with one attached hydrogen (secondary N) is 1. The summed E-state index contributed by atoms with van der Waals surface area (Å²) >= 11 is 0. The lowest BCUT2D eigenvalue weighted by atomic mass is 10.1. The molecule has 5 heteroatoms. The van der Waals surface area contributed by atoms with E-state index in [4.69, 9.17) is 5.73 Å². The normalized spacial score (nSPS) is 15.7. The topological polar surface area (TPSA) is 67.6 Å². The molecule has 1 saturated heterocycles. The van der Waals surface area contributed by atoms with Crippen LogP contribution in [0, 0.1) is 0 Å². The van der Waals surface area contributed by atoms with Crippen molar-refractivity contribution in [2.45, 2.75) is 0 Å². The fourth-order valence-corrected chi connectivity index (χ4v) is 1.97. The number of esters is 1. The molecule has 1 fully saturated rings. The average Bonchev–Trinajstić information content (AvgIpc) is 2.39.